The molecule has 6 heteroatoms. The van der Waals surface area contributed by atoms with Gasteiger partial charge in [0.15, 0.2) is 0 Å². The first-order valence-corrected chi connectivity index (χ1v) is 10.6. The molecule has 0 aliphatic carbocycles. The van der Waals surface area contributed by atoms with E-state index in [1.165, 1.54) is 0 Å². The van der Waals surface area contributed by atoms with Crippen LogP contribution in [0.15, 0.2) is 53.3 Å². The van der Waals surface area contributed by atoms with E-state index in [-0.39, 0.29) is 22.9 Å². The van der Waals surface area contributed by atoms with Crippen LogP contribution in [0.4, 0.5) is 0 Å². The average Bonchev–Trinajstić information content (AvgIpc) is 2.68. The first-order chi connectivity index (χ1) is 14.1. The van der Waals surface area contributed by atoms with Crippen molar-refractivity contribution in [1.82, 2.24) is 14.5 Å². The predicted molar refractivity (Wildman–Crippen MR) is 122 cm³/mol. The summed E-state index contributed by atoms with van der Waals surface area (Å²) in [5.74, 6) is 0.577. The maximum atomic E-state index is 13.4. The summed E-state index contributed by atoms with van der Waals surface area (Å²) in [6, 6.07) is 14.0. The maximum absolute atomic E-state index is 13.4. The van der Waals surface area contributed by atoms with Gasteiger partial charge in [-0.3, -0.25) is 14.2 Å². The summed E-state index contributed by atoms with van der Waals surface area (Å²) in [5.41, 5.74) is 0.999. The van der Waals surface area contributed by atoms with E-state index < -0.39 is 0 Å². The van der Waals surface area contributed by atoms with Gasteiger partial charge in [-0.15, -0.1) is 0 Å². The van der Waals surface area contributed by atoms with Gasteiger partial charge in [0.1, 0.15) is 5.82 Å². The van der Waals surface area contributed by atoms with Crippen LogP contribution < -0.4 is 5.56 Å². The van der Waals surface area contributed by atoms with Crippen molar-refractivity contribution in [2.24, 2.45) is 5.41 Å². The summed E-state index contributed by atoms with van der Waals surface area (Å²) in [4.78, 5) is 33.1. The van der Waals surface area contributed by atoms with Gasteiger partial charge in [-0.2, -0.15) is 0 Å². The van der Waals surface area contributed by atoms with Gasteiger partial charge in [0, 0.05) is 18.0 Å². The first kappa shape index (κ1) is 22.0. The molecular formula is C24H28ClN3O2. The monoisotopic (exact) mass is 425 g/mol. The summed E-state index contributed by atoms with van der Waals surface area (Å²) in [5, 5.41) is 1.12. The van der Waals surface area contributed by atoms with Crippen molar-refractivity contribution in [3.8, 4) is 5.69 Å². The first-order valence-electron chi connectivity index (χ1n) is 10.2. The Morgan fingerprint density at radius 1 is 1.13 bits per heavy atom. The molecule has 0 bridgehead atoms. The Hall–Kier alpha value is -2.66. The Bertz CT molecular complexity index is 1110. The van der Waals surface area contributed by atoms with Gasteiger partial charge in [0.2, 0.25) is 5.91 Å². The van der Waals surface area contributed by atoms with Gasteiger partial charge < -0.3 is 4.90 Å². The lowest BCUT2D eigenvalue weighted by Crippen LogP contribution is -2.38. The lowest BCUT2D eigenvalue weighted by atomic mass is 9.91. The van der Waals surface area contributed by atoms with Crippen LogP contribution >= 0.6 is 11.6 Å². The van der Waals surface area contributed by atoms with Crippen LogP contribution in [0.5, 0.6) is 0 Å². The number of halogens is 1. The summed E-state index contributed by atoms with van der Waals surface area (Å²) in [6.45, 7) is 10.5. The van der Waals surface area contributed by atoms with Crippen molar-refractivity contribution in [2.75, 3.05) is 6.54 Å². The molecule has 0 saturated heterocycles. The number of carbonyl (C=O) groups is 1. The van der Waals surface area contributed by atoms with Crippen LogP contribution in [0.1, 0.15) is 52.9 Å². The van der Waals surface area contributed by atoms with E-state index in [1.807, 2.05) is 52.8 Å². The van der Waals surface area contributed by atoms with E-state index in [2.05, 4.69) is 0 Å². The Morgan fingerprint density at radius 2 is 1.77 bits per heavy atom. The molecule has 0 spiro atoms. The van der Waals surface area contributed by atoms with Crippen molar-refractivity contribution >= 4 is 28.4 Å². The highest BCUT2D eigenvalue weighted by molar-refractivity contribution is 6.30. The van der Waals surface area contributed by atoms with E-state index >= 15 is 0 Å². The number of aromatic nitrogens is 2. The minimum atomic E-state index is -0.377. The van der Waals surface area contributed by atoms with Crippen LogP contribution in [-0.2, 0) is 4.79 Å². The van der Waals surface area contributed by atoms with E-state index in [1.54, 1.807) is 39.8 Å². The second kappa shape index (κ2) is 8.60. The van der Waals surface area contributed by atoms with Crippen molar-refractivity contribution in [3.05, 3.63) is 69.7 Å². The lowest BCUT2D eigenvalue weighted by molar-refractivity contribution is -0.135. The van der Waals surface area contributed by atoms with Crippen LogP contribution in [0.2, 0.25) is 5.02 Å². The normalized spacial score (nSPS) is 12.7. The SMILES string of the molecule is CCN(C(=O)CC(C)(C)C)C(C)c1nc2ccccc2c(=O)n1-c1ccc(Cl)cc1. The molecule has 1 atom stereocenters. The quantitative estimate of drug-likeness (QED) is 0.551. The molecule has 1 aromatic heterocycles. The summed E-state index contributed by atoms with van der Waals surface area (Å²) < 4.78 is 1.59. The number of benzene rings is 2. The zero-order chi connectivity index (χ0) is 22.1. The summed E-state index contributed by atoms with van der Waals surface area (Å²) >= 11 is 6.06. The zero-order valence-electron chi connectivity index (χ0n) is 18.1. The highest BCUT2D eigenvalue weighted by atomic mass is 35.5. The number of amides is 1. The largest absolute Gasteiger partial charge is 0.333 e. The van der Waals surface area contributed by atoms with Gasteiger partial charge in [-0.25, -0.2) is 4.98 Å². The van der Waals surface area contributed by atoms with Crippen molar-refractivity contribution in [1.29, 1.82) is 0 Å². The minimum absolute atomic E-state index is 0.0440. The summed E-state index contributed by atoms with van der Waals surface area (Å²) in [7, 11) is 0. The van der Waals surface area contributed by atoms with Gasteiger partial charge >= 0.3 is 0 Å². The van der Waals surface area contributed by atoms with Crippen molar-refractivity contribution < 1.29 is 4.79 Å². The third kappa shape index (κ3) is 4.57. The second-order valence-electron chi connectivity index (χ2n) is 8.70. The molecule has 0 N–H and O–H groups in total. The van der Waals surface area contributed by atoms with Crippen LogP contribution in [0.3, 0.4) is 0 Å². The number of nitrogens with zero attached hydrogens (tertiary/aromatic N) is 3. The Balaban J connectivity index is 2.20. The molecule has 0 saturated carbocycles. The molecule has 1 amide bonds. The zero-order valence-corrected chi connectivity index (χ0v) is 18.9. The standard InChI is InChI=1S/C24H28ClN3O2/c1-6-27(21(29)15-24(3,4)5)16(2)22-26-20-10-8-7-9-19(20)23(30)28(22)18-13-11-17(25)12-14-18/h7-14,16H,6,15H2,1-5H3. The number of para-hydroxylation sites is 1. The molecule has 2 aromatic carbocycles. The molecule has 0 aliphatic heterocycles. The summed E-state index contributed by atoms with van der Waals surface area (Å²) in [6.07, 6.45) is 0.421. The fourth-order valence-electron chi connectivity index (χ4n) is 3.63. The Kier molecular flexibility index (Phi) is 6.32. The molecule has 3 aromatic rings. The molecule has 1 heterocycles. The molecule has 3 rings (SSSR count). The number of rotatable bonds is 5. The number of hydrogen-bond acceptors (Lipinski definition) is 3. The molecule has 1 unspecified atom stereocenters. The Morgan fingerprint density at radius 3 is 2.37 bits per heavy atom. The fourth-order valence-corrected chi connectivity index (χ4v) is 3.76. The van der Waals surface area contributed by atoms with Crippen molar-refractivity contribution in [3.63, 3.8) is 0 Å². The van der Waals surface area contributed by atoms with Crippen LogP contribution in [0, 0.1) is 5.41 Å². The minimum Gasteiger partial charge on any atom is -0.333 e. The highest BCUT2D eigenvalue weighted by Crippen LogP contribution is 2.27. The maximum Gasteiger partial charge on any atom is 0.266 e. The smallest absolute Gasteiger partial charge is 0.266 e. The van der Waals surface area contributed by atoms with Gasteiger partial charge in [-0.05, 0) is 55.7 Å². The highest BCUT2D eigenvalue weighted by Gasteiger charge is 2.28. The molecule has 0 radical (unpaired) electrons. The van der Waals surface area contributed by atoms with Gasteiger partial charge in [0.25, 0.3) is 5.56 Å². The molecular weight excluding hydrogens is 398 g/mol. The van der Waals surface area contributed by atoms with Crippen LogP contribution in [0.25, 0.3) is 16.6 Å². The second-order valence-corrected chi connectivity index (χ2v) is 9.13. The third-order valence-electron chi connectivity index (χ3n) is 5.07. The number of fused-ring (bicyclic) bond motifs is 1. The Labute approximate surface area is 182 Å². The van der Waals surface area contributed by atoms with Crippen molar-refractivity contribution in [2.45, 2.75) is 47.1 Å². The predicted octanol–water partition coefficient (Wildman–Crippen LogP) is 5.38. The molecule has 0 aliphatic rings. The average molecular weight is 426 g/mol. The number of hydrogen-bond donors (Lipinski definition) is 0. The fraction of sp³-hybridized carbons (Fsp3) is 0.375. The van der Waals surface area contributed by atoms with E-state index in [0.717, 1.165) is 0 Å². The van der Waals surface area contributed by atoms with E-state index in [9.17, 15) is 9.59 Å². The topological polar surface area (TPSA) is 55.2 Å². The van der Waals surface area contributed by atoms with Gasteiger partial charge in [-0.1, -0.05) is 44.5 Å². The van der Waals surface area contributed by atoms with E-state index in [0.29, 0.717) is 40.4 Å². The molecule has 30 heavy (non-hydrogen) atoms. The lowest BCUT2D eigenvalue weighted by Gasteiger charge is -2.31. The number of carbonyl (C=O) groups excluding carboxylic acids is 1. The molecule has 0 fully saturated rings. The molecule has 5 nitrogen and oxygen atoms in total. The third-order valence-corrected chi connectivity index (χ3v) is 5.32. The molecule has 158 valence electrons. The van der Waals surface area contributed by atoms with Gasteiger partial charge in [0.05, 0.1) is 22.6 Å². The van der Waals surface area contributed by atoms with E-state index in [4.69, 9.17) is 16.6 Å². The van der Waals surface area contributed by atoms with Crippen LogP contribution in [-0.4, -0.2) is 26.9 Å².